The highest BCUT2D eigenvalue weighted by Crippen LogP contribution is 2.23. The first-order valence-corrected chi connectivity index (χ1v) is 7.74. The Balaban J connectivity index is 1.75. The van der Waals surface area contributed by atoms with Gasteiger partial charge < -0.3 is 11.1 Å². The van der Waals surface area contributed by atoms with Crippen molar-refractivity contribution in [2.24, 2.45) is 5.73 Å². The van der Waals surface area contributed by atoms with Crippen molar-refractivity contribution in [2.75, 3.05) is 0 Å². The Labute approximate surface area is 129 Å². The molecule has 0 bridgehead atoms. The van der Waals surface area contributed by atoms with Gasteiger partial charge in [-0.15, -0.1) is 0 Å². The molecule has 6 heteroatoms. The minimum Gasteiger partial charge on any atom is -0.342 e. The van der Waals surface area contributed by atoms with E-state index in [-0.39, 0.29) is 11.9 Å². The number of nitrogens with zero attached hydrogens (tertiary/aromatic N) is 3. The van der Waals surface area contributed by atoms with Gasteiger partial charge in [-0.1, -0.05) is 19.1 Å². The number of benzene rings is 1. The fourth-order valence-electron chi connectivity index (χ4n) is 2.72. The van der Waals surface area contributed by atoms with Crippen molar-refractivity contribution in [3.05, 3.63) is 47.0 Å². The van der Waals surface area contributed by atoms with E-state index in [9.17, 15) is 4.79 Å². The summed E-state index contributed by atoms with van der Waals surface area (Å²) in [5, 5.41) is 7.54. The number of rotatable bonds is 4. The number of hydrogen-bond donors (Lipinski definition) is 2. The maximum Gasteiger partial charge on any atom is 0.251 e. The lowest BCUT2D eigenvalue weighted by Crippen LogP contribution is -2.33. The summed E-state index contributed by atoms with van der Waals surface area (Å²) in [6.07, 6.45) is 2.70. The molecule has 1 unspecified atom stereocenters. The summed E-state index contributed by atoms with van der Waals surface area (Å²) in [6, 6.07) is 7.31. The second-order valence-corrected chi connectivity index (χ2v) is 5.53. The molecule has 3 rings (SSSR count). The molecule has 0 saturated carbocycles. The highest BCUT2D eigenvalue weighted by Gasteiger charge is 2.25. The van der Waals surface area contributed by atoms with Gasteiger partial charge in [0, 0.05) is 25.1 Å². The first kappa shape index (κ1) is 14.7. The number of nitrogens with two attached hydrogens (primary N) is 1. The van der Waals surface area contributed by atoms with Gasteiger partial charge in [0.1, 0.15) is 5.82 Å². The normalized spacial score (nSPS) is 17.1. The molecule has 1 aromatic carbocycles. The minimum atomic E-state index is -0.0805. The van der Waals surface area contributed by atoms with Crippen LogP contribution >= 0.6 is 0 Å². The van der Waals surface area contributed by atoms with Crippen LogP contribution < -0.4 is 11.1 Å². The third-order valence-electron chi connectivity index (χ3n) is 3.99. The molecule has 1 atom stereocenters. The van der Waals surface area contributed by atoms with E-state index in [0.717, 1.165) is 43.0 Å². The average Bonchev–Trinajstić information content (AvgIpc) is 2.99. The zero-order valence-electron chi connectivity index (χ0n) is 12.7. The topological polar surface area (TPSA) is 85.8 Å². The van der Waals surface area contributed by atoms with Gasteiger partial charge in [-0.05, 0) is 30.5 Å². The van der Waals surface area contributed by atoms with E-state index in [1.165, 1.54) is 0 Å². The van der Waals surface area contributed by atoms with Crippen LogP contribution in [-0.4, -0.2) is 20.7 Å². The summed E-state index contributed by atoms with van der Waals surface area (Å²) in [4.78, 5) is 16.9. The van der Waals surface area contributed by atoms with Crippen LogP contribution in [0, 0.1) is 0 Å². The lowest BCUT2D eigenvalue weighted by atomic mass is 10.1. The Bertz CT molecular complexity index is 662. The van der Waals surface area contributed by atoms with Gasteiger partial charge in [-0.3, -0.25) is 4.79 Å². The molecule has 22 heavy (non-hydrogen) atoms. The van der Waals surface area contributed by atoms with Crippen LogP contribution in [0.5, 0.6) is 0 Å². The molecule has 1 aromatic heterocycles. The number of carbonyl (C=O) groups excluding carboxylic acids is 1. The summed E-state index contributed by atoms with van der Waals surface area (Å²) in [5.41, 5.74) is 7.23. The predicted octanol–water partition coefficient (Wildman–Crippen LogP) is 1.56. The number of amides is 1. The molecular formula is C16H21N5O. The molecule has 1 amide bonds. The van der Waals surface area contributed by atoms with Crippen molar-refractivity contribution in [2.45, 2.75) is 45.3 Å². The standard InChI is InChI=1S/C16H21N5O/c1-2-14-19-15-13(4-3-9-21(15)20-14)18-16(22)12-7-5-11(10-17)6-8-12/h5-8,13H,2-4,9-10,17H2,1H3,(H,18,22). The van der Waals surface area contributed by atoms with Crippen molar-refractivity contribution >= 4 is 5.91 Å². The molecule has 0 radical (unpaired) electrons. The molecule has 0 spiro atoms. The van der Waals surface area contributed by atoms with E-state index in [0.29, 0.717) is 12.1 Å². The number of fused-ring (bicyclic) bond motifs is 1. The average molecular weight is 299 g/mol. The van der Waals surface area contributed by atoms with Crippen LogP contribution in [0.25, 0.3) is 0 Å². The van der Waals surface area contributed by atoms with Crippen LogP contribution in [0.4, 0.5) is 0 Å². The quantitative estimate of drug-likeness (QED) is 0.897. The molecule has 2 heterocycles. The number of nitrogens with one attached hydrogen (secondary N) is 1. The lowest BCUT2D eigenvalue weighted by molar-refractivity contribution is 0.0927. The zero-order chi connectivity index (χ0) is 15.5. The molecule has 2 aromatic rings. The van der Waals surface area contributed by atoms with Crippen LogP contribution in [-0.2, 0) is 19.5 Å². The van der Waals surface area contributed by atoms with Gasteiger partial charge in [0.05, 0.1) is 6.04 Å². The number of aryl methyl sites for hydroxylation is 2. The van der Waals surface area contributed by atoms with E-state index in [2.05, 4.69) is 15.4 Å². The fraction of sp³-hybridized carbons (Fsp3) is 0.438. The first-order chi connectivity index (χ1) is 10.7. The van der Waals surface area contributed by atoms with Crippen LogP contribution in [0.15, 0.2) is 24.3 Å². The van der Waals surface area contributed by atoms with Crippen molar-refractivity contribution < 1.29 is 4.79 Å². The number of aromatic nitrogens is 3. The largest absolute Gasteiger partial charge is 0.342 e. The number of carbonyl (C=O) groups is 1. The molecule has 0 aliphatic carbocycles. The van der Waals surface area contributed by atoms with E-state index in [1.807, 2.05) is 35.9 Å². The van der Waals surface area contributed by atoms with E-state index >= 15 is 0 Å². The molecular weight excluding hydrogens is 278 g/mol. The number of hydrogen-bond acceptors (Lipinski definition) is 4. The second kappa shape index (κ2) is 6.27. The molecule has 0 saturated heterocycles. The third kappa shape index (κ3) is 2.87. The smallest absolute Gasteiger partial charge is 0.251 e. The van der Waals surface area contributed by atoms with Crippen LogP contribution in [0.2, 0.25) is 0 Å². The maximum absolute atomic E-state index is 12.4. The van der Waals surface area contributed by atoms with Crippen LogP contribution in [0.1, 0.15) is 53.4 Å². The summed E-state index contributed by atoms with van der Waals surface area (Å²) in [6.45, 7) is 3.39. The maximum atomic E-state index is 12.4. The van der Waals surface area contributed by atoms with E-state index < -0.39 is 0 Å². The van der Waals surface area contributed by atoms with Gasteiger partial charge in [0.15, 0.2) is 5.82 Å². The minimum absolute atomic E-state index is 0.0664. The Morgan fingerprint density at radius 1 is 1.41 bits per heavy atom. The molecule has 116 valence electrons. The fourth-order valence-corrected chi connectivity index (χ4v) is 2.72. The summed E-state index contributed by atoms with van der Waals surface area (Å²) < 4.78 is 1.92. The van der Waals surface area contributed by atoms with Gasteiger partial charge in [0.25, 0.3) is 5.91 Å². The highest BCUT2D eigenvalue weighted by atomic mass is 16.1. The van der Waals surface area contributed by atoms with Gasteiger partial charge >= 0.3 is 0 Å². The summed E-state index contributed by atoms with van der Waals surface area (Å²) in [5.74, 6) is 1.63. The Hall–Kier alpha value is -2.21. The molecule has 0 fully saturated rings. The molecule has 1 aliphatic heterocycles. The van der Waals surface area contributed by atoms with Crippen molar-refractivity contribution in [1.82, 2.24) is 20.1 Å². The van der Waals surface area contributed by atoms with Crippen molar-refractivity contribution in [1.29, 1.82) is 0 Å². The van der Waals surface area contributed by atoms with Gasteiger partial charge in [0.2, 0.25) is 0 Å². The summed E-state index contributed by atoms with van der Waals surface area (Å²) >= 11 is 0. The van der Waals surface area contributed by atoms with Gasteiger partial charge in [-0.25, -0.2) is 9.67 Å². The lowest BCUT2D eigenvalue weighted by Gasteiger charge is -2.23. The molecule has 6 nitrogen and oxygen atoms in total. The van der Waals surface area contributed by atoms with Crippen molar-refractivity contribution in [3.8, 4) is 0 Å². The Kier molecular flexibility index (Phi) is 4.20. The Morgan fingerprint density at radius 2 is 2.18 bits per heavy atom. The first-order valence-electron chi connectivity index (χ1n) is 7.74. The van der Waals surface area contributed by atoms with Crippen LogP contribution in [0.3, 0.4) is 0 Å². The molecule has 1 aliphatic rings. The molecule has 3 N–H and O–H groups in total. The van der Waals surface area contributed by atoms with E-state index in [4.69, 9.17) is 5.73 Å². The summed E-state index contributed by atoms with van der Waals surface area (Å²) in [7, 11) is 0. The highest BCUT2D eigenvalue weighted by molar-refractivity contribution is 5.94. The van der Waals surface area contributed by atoms with Gasteiger partial charge in [-0.2, -0.15) is 5.10 Å². The van der Waals surface area contributed by atoms with E-state index in [1.54, 1.807) is 0 Å². The predicted molar refractivity (Wildman–Crippen MR) is 83.2 cm³/mol. The zero-order valence-corrected chi connectivity index (χ0v) is 12.7. The SMILES string of the molecule is CCc1nc2n(n1)CCCC2NC(=O)c1ccc(CN)cc1. The Morgan fingerprint density at radius 3 is 2.86 bits per heavy atom. The monoisotopic (exact) mass is 299 g/mol. The van der Waals surface area contributed by atoms with Crippen molar-refractivity contribution in [3.63, 3.8) is 0 Å². The second-order valence-electron chi connectivity index (χ2n) is 5.53. The third-order valence-corrected chi connectivity index (χ3v) is 3.99.